The lowest BCUT2D eigenvalue weighted by Gasteiger charge is -2.18. The van der Waals surface area contributed by atoms with Crippen molar-refractivity contribution in [1.29, 1.82) is 0 Å². The van der Waals surface area contributed by atoms with E-state index in [2.05, 4.69) is 35.5 Å². The van der Waals surface area contributed by atoms with E-state index >= 15 is 0 Å². The SMILES string of the molecule is CCCC(CCO)CNC(=NCc1ccnc2ccccc12)NCC.I. The van der Waals surface area contributed by atoms with Crippen LogP contribution in [0.5, 0.6) is 0 Å². The molecule has 0 aliphatic carbocycles. The quantitative estimate of drug-likeness (QED) is 0.297. The Bertz CT molecular complexity index is 666. The second-order valence-corrected chi connectivity index (χ2v) is 6.23. The van der Waals surface area contributed by atoms with Crippen LogP contribution in [0.3, 0.4) is 0 Å². The normalized spacial score (nSPS) is 12.5. The predicted octanol–water partition coefficient (Wildman–Crippen LogP) is 3.71. The minimum Gasteiger partial charge on any atom is -0.396 e. The lowest BCUT2D eigenvalue weighted by molar-refractivity contribution is 0.251. The third-order valence-electron chi connectivity index (χ3n) is 4.28. The monoisotopic (exact) mass is 470 g/mol. The number of nitrogens with zero attached hydrogens (tertiary/aromatic N) is 2. The van der Waals surface area contributed by atoms with Gasteiger partial charge in [0.1, 0.15) is 0 Å². The van der Waals surface area contributed by atoms with Gasteiger partial charge in [-0.25, -0.2) is 4.99 Å². The number of hydrogen-bond acceptors (Lipinski definition) is 3. The Morgan fingerprint density at radius 1 is 1.15 bits per heavy atom. The highest BCUT2D eigenvalue weighted by molar-refractivity contribution is 14.0. The first kappa shape index (κ1) is 22.6. The van der Waals surface area contributed by atoms with Crippen LogP contribution in [0.1, 0.15) is 38.7 Å². The maximum atomic E-state index is 9.20. The van der Waals surface area contributed by atoms with E-state index < -0.39 is 0 Å². The summed E-state index contributed by atoms with van der Waals surface area (Å²) in [7, 11) is 0. The van der Waals surface area contributed by atoms with Crippen molar-refractivity contribution in [2.24, 2.45) is 10.9 Å². The van der Waals surface area contributed by atoms with Crippen LogP contribution in [0, 0.1) is 5.92 Å². The molecule has 1 aromatic heterocycles. The predicted molar refractivity (Wildman–Crippen MR) is 120 cm³/mol. The molecule has 0 spiro atoms. The van der Waals surface area contributed by atoms with E-state index in [1.54, 1.807) is 0 Å². The number of benzene rings is 1. The summed E-state index contributed by atoms with van der Waals surface area (Å²) in [5, 5.41) is 17.1. The van der Waals surface area contributed by atoms with Crippen molar-refractivity contribution in [1.82, 2.24) is 15.6 Å². The summed E-state index contributed by atoms with van der Waals surface area (Å²) in [4.78, 5) is 9.13. The zero-order valence-electron chi connectivity index (χ0n) is 15.7. The lowest BCUT2D eigenvalue weighted by atomic mass is 10.0. The highest BCUT2D eigenvalue weighted by Crippen LogP contribution is 2.16. The average Bonchev–Trinajstić information content (AvgIpc) is 2.64. The first-order valence-corrected chi connectivity index (χ1v) is 9.24. The molecule has 1 aromatic carbocycles. The van der Waals surface area contributed by atoms with Gasteiger partial charge in [-0.05, 0) is 43.4 Å². The standard InChI is InChI=1S/C20H30N4O.HI/c1-3-7-16(11-13-25)14-23-20(21-4-2)24-15-17-10-12-22-19-9-6-5-8-18(17)19;/h5-6,8-10,12,16,25H,3-4,7,11,13-15H2,1-2H3,(H2,21,23,24);1H. The number of aromatic nitrogens is 1. The molecule has 0 saturated carbocycles. The molecule has 0 bridgehead atoms. The van der Waals surface area contributed by atoms with E-state index in [1.165, 1.54) is 5.56 Å². The van der Waals surface area contributed by atoms with E-state index in [0.717, 1.165) is 49.2 Å². The summed E-state index contributed by atoms with van der Waals surface area (Å²) >= 11 is 0. The van der Waals surface area contributed by atoms with Gasteiger partial charge in [0.25, 0.3) is 0 Å². The van der Waals surface area contributed by atoms with Crippen molar-refractivity contribution < 1.29 is 5.11 Å². The topological polar surface area (TPSA) is 69.5 Å². The first-order valence-electron chi connectivity index (χ1n) is 9.24. The summed E-state index contributed by atoms with van der Waals surface area (Å²) in [6.07, 6.45) is 4.91. The molecule has 1 unspecified atom stereocenters. The van der Waals surface area contributed by atoms with E-state index in [-0.39, 0.29) is 30.6 Å². The van der Waals surface area contributed by atoms with Crippen molar-refractivity contribution in [2.45, 2.75) is 39.7 Å². The molecule has 3 N–H and O–H groups in total. The van der Waals surface area contributed by atoms with E-state index in [0.29, 0.717) is 12.5 Å². The third-order valence-corrected chi connectivity index (χ3v) is 4.28. The smallest absolute Gasteiger partial charge is 0.191 e. The number of halogens is 1. The summed E-state index contributed by atoms with van der Waals surface area (Å²) < 4.78 is 0. The number of fused-ring (bicyclic) bond motifs is 1. The van der Waals surface area contributed by atoms with E-state index in [9.17, 15) is 5.11 Å². The molecule has 1 heterocycles. The Balaban J connectivity index is 0.00000338. The zero-order valence-corrected chi connectivity index (χ0v) is 18.1. The van der Waals surface area contributed by atoms with Gasteiger partial charge in [0, 0.05) is 31.3 Å². The van der Waals surface area contributed by atoms with Gasteiger partial charge in [-0.2, -0.15) is 0 Å². The number of aliphatic hydroxyl groups excluding tert-OH is 1. The zero-order chi connectivity index (χ0) is 17.9. The van der Waals surface area contributed by atoms with Crippen LogP contribution in [-0.4, -0.2) is 35.7 Å². The van der Waals surface area contributed by atoms with Crippen LogP contribution < -0.4 is 10.6 Å². The van der Waals surface area contributed by atoms with Gasteiger partial charge < -0.3 is 15.7 Å². The Kier molecular flexibility index (Phi) is 11.2. The van der Waals surface area contributed by atoms with Crippen LogP contribution in [-0.2, 0) is 6.54 Å². The number of nitrogens with one attached hydrogen (secondary N) is 2. The maximum absolute atomic E-state index is 9.20. The molecule has 2 aromatic rings. The lowest BCUT2D eigenvalue weighted by Crippen LogP contribution is -2.40. The van der Waals surface area contributed by atoms with E-state index in [4.69, 9.17) is 4.99 Å². The maximum Gasteiger partial charge on any atom is 0.191 e. The summed E-state index contributed by atoms with van der Waals surface area (Å²) in [6, 6.07) is 10.2. The van der Waals surface area contributed by atoms with Gasteiger partial charge in [0.05, 0.1) is 12.1 Å². The third kappa shape index (κ3) is 7.07. The fraction of sp³-hybridized carbons (Fsp3) is 0.500. The number of guanidine groups is 1. The second-order valence-electron chi connectivity index (χ2n) is 6.23. The molecule has 0 amide bonds. The van der Waals surface area contributed by atoms with Crippen molar-refractivity contribution >= 4 is 40.8 Å². The molecular weight excluding hydrogens is 439 g/mol. The molecule has 26 heavy (non-hydrogen) atoms. The van der Waals surface area contributed by atoms with Gasteiger partial charge in [-0.15, -0.1) is 24.0 Å². The number of rotatable bonds is 9. The minimum atomic E-state index is 0. The average molecular weight is 470 g/mol. The number of aliphatic hydroxyl groups is 1. The molecule has 2 rings (SSSR count). The highest BCUT2D eigenvalue weighted by Gasteiger charge is 2.08. The minimum absolute atomic E-state index is 0. The number of para-hydroxylation sites is 1. The first-order chi connectivity index (χ1) is 12.3. The molecule has 144 valence electrons. The van der Waals surface area contributed by atoms with Crippen LogP contribution in [0.25, 0.3) is 10.9 Å². The summed E-state index contributed by atoms with van der Waals surface area (Å²) in [5.41, 5.74) is 2.17. The molecule has 0 aliphatic rings. The summed E-state index contributed by atoms with van der Waals surface area (Å²) in [5.74, 6) is 1.29. The fourth-order valence-corrected chi connectivity index (χ4v) is 2.98. The van der Waals surface area contributed by atoms with Crippen molar-refractivity contribution in [3.63, 3.8) is 0 Å². The summed E-state index contributed by atoms with van der Waals surface area (Å²) in [6.45, 7) is 6.74. The second kappa shape index (κ2) is 12.9. The van der Waals surface area contributed by atoms with Crippen LogP contribution in [0.2, 0.25) is 0 Å². The highest BCUT2D eigenvalue weighted by atomic mass is 127. The number of aliphatic imine (C=N–C) groups is 1. The van der Waals surface area contributed by atoms with Crippen LogP contribution in [0.15, 0.2) is 41.5 Å². The van der Waals surface area contributed by atoms with Crippen molar-refractivity contribution in [3.05, 3.63) is 42.1 Å². The van der Waals surface area contributed by atoms with Crippen LogP contribution in [0.4, 0.5) is 0 Å². The molecule has 0 radical (unpaired) electrons. The molecule has 0 saturated heterocycles. The Morgan fingerprint density at radius 2 is 1.96 bits per heavy atom. The largest absolute Gasteiger partial charge is 0.396 e. The number of hydrogen-bond donors (Lipinski definition) is 3. The molecular formula is C20H31IN4O. The van der Waals surface area contributed by atoms with Crippen molar-refractivity contribution in [3.8, 4) is 0 Å². The van der Waals surface area contributed by atoms with Gasteiger partial charge in [0.15, 0.2) is 5.96 Å². The Hall–Kier alpha value is -1.41. The van der Waals surface area contributed by atoms with Gasteiger partial charge in [-0.3, -0.25) is 4.98 Å². The van der Waals surface area contributed by atoms with Gasteiger partial charge >= 0.3 is 0 Å². The molecule has 5 nitrogen and oxygen atoms in total. The molecule has 0 aliphatic heterocycles. The number of pyridine rings is 1. The fourth-order valence-electron chi connectivity index (χ4n) is 2.98. The van der Waals surface area contributed by atoms with Crippen LogP contribution >= 0.6 is 24.0 Å². The molecule has 0 fully saturated rings. The van der Waals surface area contributed by atoms with Gasteiger partial charge in [-0.1, -0.05) is 31.5 Å². The molecule has 1 atom stereocenters. The van der Waals surface area contributed by atoms with Gasteiger partial charge in [0.2, 0.25) is 0 Å². The Morgan fingerprint density at radius 3 is 2.69 bits per heavy atom. The Labute approximate surface area is 173 Å². The van der Waals surface area contributed by atoms with E-state index in [1.807, 2.05) is 30.5 Å². The molecule has 6 heteroatoms. The van der Waals surface area contributed by atoms with Crippen molar-refractivity contribution in [2.75, 3.05) is 19.7 Å².